The van der Waals surface area contributed by atoms with Gasteiger partial charge in [0.25, 0.3) is 17.7 Å². The number of imide groups is 1. The Labute approximate surface area is 137 Å². The van der Waals surface area contributed by atoms with Crippen LogP contribution in [0, 0.1) is 11.8 Å². The van der Waals surface area contributed by atoms with Crippen LogP contribution in [-0.2, 0) is 20.7 Å². The van der Waals surface area contributed by atoms with E-state index >= 15 is 0 Å². The fourth-order valence-electron chi connectivity index (χ4n) is 3.87. The van der Waals surface area contributed by atoms with Gasteiger partial charge in [0.1, 0.15) is 0 Å². The van der Waals surface area contributed by atoms with Gasteiger partial charge in [0.15, 0.2) is 0 Å². The van der Waals surface area contributed by atoms with Crippen molar-refractivity contribution in [3.05, 3.63) is 21.9 Å². The number of nitrogens with zero attached hydrogens (tertiary/aromatic N) is 1. The van der Waals surface area contributed by atoms with Crippen molar-refractivity contribution in [2.45, 2.75) is 44.8 Å². The molecule has 4 heterocycles. The molecule has 0 aromatic carbocycles. The molecule has 1 aromatic rings. The first-order chi connectivity index (χ1) is 11.1. The maximum Gasteiger partial charge on any atom is 0.271 e. The molecule has 1 N–H and O–H groups in total. The summed E-state index contributed by atoms with van der Waals surface area (Å²) in [5.41, 5.74) is 2.99. The lowest BCUT2D eigenvalue weighted by Gasteiger charge is -2.17. The SMILES string of the molecule is CCCc1cc(C(=O)NN2C(=O)C3C4CCC(O4)C3C2=O)cs1. The van der Waals surface area contributed by atoms with E-state index in [2.05, 4.69) is 12.3 Å². The monoisotopic (exact) mass is 334 g/mol. The third-order valence-corrected chi connectivity index (χ3v) is 5.91. The molecule has 4 rings (SSSR count). The second kappa shape index (κ2) is 5.42. The number of hydrogen-bond donors (Lipinski definition) is 1. The lowest BCUT2D eigenvalue weighted by atomic mass is 9.81. The van der Waals surface area contributed by atoms with Crippen LogP contribution in [0.3, 0.4) is 0 Å². The Morgan fingerprint density at radius 2 is 1.96 bits per heavy atom. The molecule has 7 heteroatoms. The fraction of sp³-hybridized carbons (Fsp3) is 0.562. The van der Waals surface area contributed by atoms with E-state index in [0.29, 0.717) is 5.56 Å². The van der Waals surface area contributed by atoms with Crippen LogP contribution in [0.5, 0.6) is 0 Å². The molecule has 122 valence electrons. The van der Waals surface area contributed by atoms with E-state index in [1.165, 1.54) is 11.3 Å². The first-order valence-electron chi connectivity index (χ1n) is 8.01. The Hall–Kier alpha value is -1.73. The van der Waals surface area contributed by atoms with Gasteiger partial charge in [0.2, 0.25) is 0 Å². The molecular formula is C16H18N2O4S. The number of carbonyl (C=O) groups excluding carboxylic acids is 3. The zero-order valence-corrected chi connectivity index (χ0v) is 13.6. The van der Waals surface area contributed by atoms with E-state index in [-0.39, 0.29) is 24.0 Å². The van der Waals surface area contributed by atoms with Gasteiger partial charge in [-0.2, -0.15) is 5.01 Å². The molecular weight excluding hydrogens is 316 g/mol. The van der Waals surface area contributed by atoms with Crippen LogP contribution in [0.2, 0.25) is 0 Å². The van der Waals surface area contributed by atoms with E-state index in [1.807, 2.05) is 6.07 Å². The average Bonchev–Trinajstić information content (AvgIpc) is 3.28. The number of amides is 3. The second-order valence-corrected chi connectivity index (χ2v) is 7.34. The van der Waals surface area contributed by atoms with Gasteiger partial charge in [-0.05, 0) is 25.3 Å². The molecule has 4 atom stereocenters. The van der Waals surface area contributed by atoms with Crippen molar-refractivity contribution in [3.63, 3.8) is 0 Å². The summed E-state index contributed by atoms with van der Waals surface area (Å²) in [4.78, 5) is 38.4. The molecule has 0 saturated carbocycles. The number of hydrogen-bond acceptors (Lipinski definition) is 5. The Morgan fingerprint density at radius 1 is 1.30 bits per heavy atom. The summed E-state index contributed by atoms with van der Waals surface area (Å²) in [5, 5.41) is 2.68. The third kappa shape index (κ3) is 2.21. The zero-order chi connectivity index (χ0) is 16.1. The van der Waals surface area contributed by atoms with Crippen LogP contribution in [0.25, 0.3) is 0 Å². The largest absolute Gasteiger partial charge is 0.373 e. The van der Waals surface area contributed by atoms with Gasteiger partial charge >= 0.3 is 0 Å². The van der Waals surface area contributed by atoms with Gasteiger partial charge < -0.3 is 4.74 Å². The maximum atomic E-state index is 12.5. The van der Waals surface area contributed by atoms with Crippen molar-refractivity contribution < 1.29 is 19.1 Å². The van der Waals surface area contributed by atoms with Gasteiger partial charge in [-0.25, -0.2) is 0 Å². The van der Waals surface area contributed by atoms with E-state index in [4.69, 9.17) is 4.74 Å². The Balaban J connectivity index is 1.49. The highest BCUT2D eigenvalue weighted by Crippen LogP contribution is 2.48. The van der Waals surface area contributed by atoms with Gasteiger partial charge in [0.05, 0.1) is 29.6 Å². The quantitative estimate of drug-likeness (QED) is 0.847. The van der Waals surface area contributed by atoms with Gasteiger partial charge in [-0.15, -0.1) is 11.3 Å². The first-order valence-corrected chi connectivity index (χ1v) is 8.89. The van der Waals surface area contributed by atoms with Gasteiger partial charge in [-0.3, -0.25) is 19.8 Å². The van der Waals surface area contributed by atoms with E-state index in [9.17, 15) is 14.4 Å². The topological polar surface area (TPSA) is 75.7 Å². The summed E-state index contributed by atoms with van der Waals surface area (Å²) < 4.78 is 5.67. The molecule has 3 saturated heterocycles. The van der Waals surface area contributed by atoms with Crippen LogP contribution >= 0.6 is 11.3 Å². The van der Waals surface area contributed by atoms with Crippen LogP contribution in [0.15, 0.2) is 11.4 Å². The highest BCUT2D eigenvalue weighted by atomic mass is 32.1. The zero-order valence-electron chi connectivity index (χ0n) is 12.8. The molecule has 3 fully saturated rings. The lowest BCUT2D eigenvalue weighted by molar-refractivity contribution is -0.145. The number of nitrogens with one attached hydrogen (secondary N) is 1. The molecule has 23 heavy (non-hydrogen) atoms. The van der Waals surface area contributed by atoms with Crippen LogP contribution < -0.4 is 5.43 Å². The number of aryl methyl sites for hydroxylation is 1. The average molecular weight is 334 g/mol. The van der Waals surface area contributed by atoms with Crippen molar-refractivity contribution in [1.29, 1.82) is 0 Å². The summed E-state index contributed by atoms with van der Waals surface area (Å²) in [6.07, 6.45) is 3.23. The van der Waals surface area contributed by atoms with Crippen molar-refractivity contribution in [1.82, 2.24) is 10.4 Å². The normalized spacial score (nSPS) is 31.8. The maximum absolute atomic E-state index is 12.5. The van der Waals surface area contributed by atoms with E-state index in [0.717, 1.165) is 35.6 Å². The number of fused-ring (bicyclic) bond motifs is 5. The molecule has 4 unspecified atom stereocenters. The molecule has 3 amide bonds. The number of thiophene rings is 1. The second-order valence-electron chi connectivity index (χ2n) is 6.35. The molecule has 0 radical (unpaired) electrons. The molecule has 6 nitrogen and oxygen atoms in total. The molecule has 3 aliphatic rings. The predicted molar refractivity (Wildman–Crippen MR) is 82.5 cm³/mol. The van der Waals surface area contributed by atoms with Crippen LogP contribution in [0.4, 0.5) is 0 Å². The Morgan fingerprint density at radius 3 is 2.57 bits per heavy atom. The molecule has 3 aliphatic heterocycles. The fourth-order valence-corrected chi connectivity index (χ4v) is 4.84. The lowest BCUT2D eigenvalue weighted by Crippen LogP contribution is -2.47. The Kier molecular flexibility index (Phi) is 3.50. The van der Waals surface area contributed by atoms with Gasteiger partial charge in [-0.1, -0.05) is 13.3 Å². The number of hydrazine groups is 1. The first kappa shape index (κ1) is 14.8. The third-order valence-electron chi connectivity index (χ3n) is 4.91. The van der Waals surface area contributed by atoms with Crippen LogP contribution in [-0.4, -0.2) is 34.9 Å². The molecule has 1 aromatic heterocycles. The summed E-state index contributed by atoms with van der Waals surface area (Å²) >= 11 is 1.52. The summed E-state index contributed by atoms with van der Waals surface area (Å²) in [6, 6.07) is 1.82. The minimum Gasteiger partial charge on any atom is -0.373 e. The van der Waals surface area contributed by atoms with Crippen molar-refractivity contribution in [3.8, 4) is 0 Å². The number of ether oxygens (including phenoxy) is 1. The number of carbonyl (C=O) groups is 3. The highest BCUT2D eigenvalue weighted by molar-refractivity contribution is 7.10. The predicted octanol–water partition coefficient (Wildman–Crippen LogP) is 1.51. The standard InChI is InChI=1S/C16H18N2O4S/c1-2-3-9-6-8(7-23-9)14(19)17-18-15(20)12-10-4-5-11(22-10)13(12)16(18)21/h6-7,10-13H,2-5H2,1H3,(H,17,19). The van der Waals surface area contributed by atoms with Crippen LogP contribution in [0.1, 0.15) is 41.4 Å². The Bertz CT molecular complexity index is 657. The smallest absolute Gasteiger partial charge is 0.271 e. The van der Waals surface area contributed by atoms with Crippen molar-refractivity contribution in [2.75, 3.05) is 0 Å². The summed E-state index contributed by atoms with van der Waals surface area (Å²) in [5.74, 6) is -1.90. The molecule has 2 bridgehead atoms. The summed E-state index contributed by atoms with van der Waals surface area (Å²) in [7, 11) is 0. The van der Waals surface area contributed by atoms with E-state index < -0.39 is 17.7 Å². The molecule has 0 aliphatic carbocycles. The highest BCUT2D eigenvalue weighted by Gasteiger charge is 2.62. The van der Waals surface area contributed by atoms with Crippen molar-refractivity contribution >= 4 is 29.1 Å². The van der Waals surface area contributed by atoms with E-state index in [1.54, 1.807) is 5.38 Å². The van der Waals surface area contributed by atoms with Gasteiger partial charge in [0, 0.05) is 10.3 Å². The summed E-state index contributed by atoms with van der Waals surface area (Å²) in [6.45, 7) is 2.08. The van der Waals surface area contributed by atoms with Crippen molar-refractivity contribution in [2.24, 2.45) is 11.8 Å². The minimum atomic E-state index is -0.417. The molecule has 0 spiro atoms. The minimum absolute atomic E-state index is 0.166. The number of rotatable bonds is 4.